The molecule has 0 unspecified atom stereocenters. The van der Waals surface area contributed by atoms with E-state index < -0.39 is 0 Å². The summed E-state index contributed by atoms with van der Waals surface area (Å²) in [7, 11) is 0. The van der Waals surface area contributed by atoms with Crippen molar-refractivity contribution in [3.63, 3.8) is 0 Å². The van der Waals surface area contributed by atoms with Gasteiger partial charge in [-0.3, -0.25) is 0 Å². The molecule has 0 aliphatic carbocycles. The summed E-state index contributed by atoms with van der Waals surface area (Å²) < 4.78 is 6.46. The Hall–Kier alpha value is -8.46. The van der Waals surface area contributed by atoms with Gasteiger partial charge in [0, 0.05) is 16.5 Å². The van der Waals surface area contributed by atoms with E-state index in [4.69, 9.17) is 4.42 Å². The second kappa shape index (κ2) is 15.8. The van der Waals surface area contributed by atoms with Crippen molar-refractivity contribution in [2.45, 2.75) is 0 Å². The van der Waals surface area contributed by atoms with Gasteiger partial charge in [-0.05, 0) is 108 Å². The van der Waals surface area contributed by atoms with Crippen LogP contribution >= 0.6 is 0 Å². The Balaban J connectivity index is 1.21. The molecule has 0 N–H and O–H groups in total. The molecule has 0 saturated carbocycles. The van der Waals surface area contributed by atoms with E-state index in [-0.39, 0.29) is 0 Å². The Morgan fingerprint density at radius 3 is 1.36 bits per heavy atom. The SMILES string of the molecule is c1ccc(-c2c(-c3ccccc3)c(-c3ccccc3)c3c(-c4ccc(N(c5ccccc5)c5cccc6oc7ccccc7c56)c5ccccc45)cccc3c2-c2ccccc2)cc1. The van der Waals surface area contributed by atoms with E-state index in [1.807, 2.05) is 6.07 Å². The highest BCUT2D eigenvalue weighted by molar-refractivity contribution is 6.24. The molecule has 1 aromatic heterocycles. The molecule has 0 fully saturated rings. The van der Waals surface area contributed by atoms with Gasteiger partial charge in [0.15, 0.2) is 0 Å². The summed E-state index contributed by atoms with van der Waals surface area (Å²) in [5.41, 5.74) is 16.9. The molecule has 0 saturated heterocycles. The smallest absolute Gasteiger partial charge is 0.137 e. The van der Waals surface area contributed by atoms with E-state index in [1.54, 1.807) is 0 Å². The summed E-state index contributed by atoms with van der Waals surface area (Å²) in [4.78, 5) is 2.40. The third kappa shape index (κ3) is 6.19. The Morgan fingerprint density at radius 2 is 0.719 bits per heavy atom. The molecule has 11 aromatic carbocycles. The quantitative estimate of drug-likeness (QED) is 0.152. The van der Waals surface area contributed by atoms with Crippen LogP contribution in [0.5, 0.6) is 0 Å². The second-order valence-electron chi connectivity index (χ2n) is 16.3. The number of furan rings is 1. The van der Waals surface area contributed by atoms with Gasteiger partial charge in [0.1, 0.15) is 11.2 Å². The van der Waals surface area contributed by atoms with Gasteiger partial charge >= 0.3 is 0 Å². The normalized spacial score (nSPS) is 11.4. The summed E-state index contributed by atoms with van der Waals surface area (Å²) in [6.45, 7) is 0. The fourth-order valence-corrected chi connectivity index (χ4v) is 9.99. The van der Waals surface area contributed by atoms with E-state index >= 15 is 0 Å². The summed E-state index contributed by atoms with van der Waals surface area (Å²) >= 11 is 0. The first-order valence-electron chi connectivity index (χ1n) is 21.9. The zero-order valence-corrected chi connectivity index (χ0v) is 35.0. The highest BCUT2D eigenvalue weighted by Crippen LogP contribution is 2.54. The van der Waals surface area contributed by atoms with Gasteiger partial charge in [-0.25, -0.2) is 0 Å². The van der Waals surface area contributed by atoms with Crippen molar-refractivity contribution in [2.24, 2.45) is 0 Å². The van der Waals surface area contributed by atoms with Crippen LogP contribution < -0.4 is 4.90 Å². The van der Waals surface area contributed by atoms with Crippen molar-refractivity contribution < 1.29 is 4.42 Å². The Kier molecular flexibility index (Phi) is 9.20. The van der Waals surface area contributed by atoms with Gasteiger partial charge in [0.25, 0.3) is 0 Å². The minimum Gasteiger partial charge on any atom is -0.456 e. The standard InChI is InChI=1S/C62H41NO/c1-6-22-42(23-7-1)57-52-36-20-35-50(61(52)60(45-28-12-4-13-29-45)59(44-26-10-3-11-27-44)58(57)43-24-8-2-9-25-43)48-40-41-53(49-33-17-16-32-47(48)49)63(46-30-14-5-15-31-46)54-37-21-39-56-62(54)51-34-18-19-38-55(51)64-56/h1-41H. The van der Waals surface area contributed by atoms with Crippen molar-refractivity contribution in [2.75, 3.05) is 4.90 Å². The van der Waals surface area contributed by atoms with Crippen molar-refractivity contribution in [1.82, 2.24) is 0 Å². The van der Waals surface area contributed by atoms with Crippen LogP contribution in [0.1, 0.15) is 0 Å². The van der Waals surface area contributed by atoms with Crippen LogP contribution in [0.2, 0.25) is 0 Å². The summed E-state index contributed by atoms with van der Waals surface area (Å²) in [5.74, 6) is 0. The van der Waals surface area contributed by atoms with Crippen molar-refractivity contribution >= 4 is 60.5 Å². The maximum Gasteiger partial charge on any atom is 0.137 e. The predicted octanol–water partition coefficient (Wildman–Crippen LogP) is 17.7. The van der Waals surface area contributed by atoms with Crippen molar-refractivity contribution in [3.05, 3.63) is 249 Å². The molecule has 12 aromatic rings. The number of hydrogen-bond donors (Lipinski definition) is 0. The lowest BCUT2D eigenvalue weighted by Gasteiger charge is -2.29. The minimum absolute atomic E-state index is 0.864. The topological polar surface area (TPSA) is 16.4 Å². The molecule has 0 atom stereocenters. The predicted molar refractivity (Wildman–Crippen MR) is 271 cm³/mol. The summed E-state index contributed by atoms with van der Waals surface area (Å²) in [5, 5.41) is 6.94. The summed E-state index contributed by atoms with van der Waals surface area (Å²) in [6.07, 6.45) is 0. The number of rotatable bonds is 8. The highest BCUT2D eigenvalue weighted by Gasteiger charge is 2.27. The lowest BCUT2D eigenvalue weighted by molar-refractivity contribution is 0.669. The molecule has 12 rings (SSSR count). The highest BCUT2D eigenvalue weighted by atomic mass is 16.3. The third-order valence-electron chi connectivity index (χ3n) is 12.7. The lowest BCUT2D eigenvalue weighted by atomic mass is 9.77. The number of benzene rings is 11. The first-order valence-corrected chi connectivity index (χ1v) is 21.9. The molecule has 2 heteroatoms. The Labute approximate surface area is 372 Å². The van der Waals surface area contributed by atoms with E-state index in [2.05, 4.69) is 248 Å². The van der Waals surface area contributed by atoms with Crippen LogP contribution in [0.25, 0.3) is 99.1 Å². The molecule has 0 radical (unpaired) electrons. The minimum atomic E-state index is 0.864. The van der Waals surface area contributed by atoms with Gasteiger partial charge in [-0.2, -0.15) is 0 Å². The third-order valence-corrected chi connectivity index (χ3v) is 12.7. The monoisotopic (exact) mass is 815 g/mol. The van der Waals surface area contributed by atoms with Crippen LogP contribution in [0.3, 0.4) is 0 Å². The van der Waals surface area contributed by atoms with Crippen molar-refractivity contribution in [1.29, 1.82) is 0 Å². The van der Waals surface area contributed by atoms with Crippen LogP contribution in [-0.4, -0.2) is 0 Å². The number of hydrogen-bond acceptors (Lipinski definition) is 2. The molecular weight excluding hydrogens is 775 g/mol. The first kappa shape index (κ1) is 37.3. The second-order valence-corrected chi connectivity index (χ2v) is 16.3. The van der Waals surface area contributed by atoms with Crippen molar-refractivity contribution in [3.8, 4) is 55.6 Å². The van der Waals surface area contributed by atoms with Gasteiger partial charge < -0.3 is 9.32 Å². The van der Waals surface area contributed by atoms with Gasteiger partial charge in [-0.1, -0.05) is 212 Å². The van der Waals surface area contributed by atoms with Crippen LogP contribution in [0.4, 0.5) is 17.1 Å². The van der Waals surface area contributed by atoms with E-state index in [1.165, 1.54) is 71.8 Å². The van der Waals surface area contributed by atoms with E-state index in [9.17, 15) is 0 Å². The maximum absolute atomic E-state index is 6.46. The molecule has 0 aliphatic rings. The average molecular weight is 816 g/mol. The molecule has 0 spiro atoms. The first-order chi connectivity index (χ1) is 31.8. The van der Waals surface area contributed by atoms with Gasteiger partial charge in [0.05, 0.1) is 16.8 Å². The molecule has 0 amide bonds. The molecule has 2 nitrogen and oxygen atoms in total. The molecule has 0 aliphatic heterocycles. The summed E-state index contributed by atoms with van der Waals surface area (Å²) in [6, 6.07) is 89.8. The fraction of sp³-hybridized carbons (Fsp3) is 0. The molecule has 300 valence electrons. The average Bonchev–Trinajstić information content (AvgIpc) is 3.76. The number of fused-ring (bicyclic) bond motifs is 5. The molecular formula is C62H41NO. The fourth-order valence-electron chi connectivity index (χ4n) is 9.99. The maximum atomic E-state index is 6.46. The molecule has 0 bridgehead atoms. The number of para-hydroxylation sites is 2. The van der Waals surface area contributed by atoms with Gasteiger partial charge in [-0.15, -0.1) is 0 Å². The lowest BCUT2D eigenvalue weighted by Crippen LogP contribution is -2.11. The molecule has 64 heavy (non-hydrogen) atoms. The van der Waals surface area contributed by atoms with Crippen LogP contribution in [0.15, 0.2) is 253 Å². The van der Waals surface area contributed by atoms with Crippen LogP contribution in [-0.2, 0) is 0 Å². The van der Waals surface area contributed by atoms with E-state index in [0.717, 1.165) is 44.4 Å². The van der Waals surface area contributed by atoms with E-state index in [0.29, 0.717) is 0 Å². The number of nitrogens with zero attached hydrogens (tertiary/aromatic N) is 1. The zero-order valence-electron chi connectivity index (χ0n) is 35.0. The molecule has 1 heterocycles. The zero-order chi connectivity index (χ0) is 42.4. The number of anilines is 3. The van der Waals surface area contributed by atoms with Gasteiger partial charge in [0.2, 0.25) is 0 Å². The Morgan fingerprint density at radius 1 is 0.250 bits per heavy atom. The Bertz CT molecular complexity index is 3630. The van der Waals surface area contributed by atoms with Crippen LogP contribution in [0, 0.1) is 0 Å². The largest absolute Gasteiger partial charge is 0.456 e.